The van der Waals surface area contributed by atoms with Crippen LogP contribution in [0.4, 0.5) is 5.69 Å². The number of carbonyl (C=O) groups excluding carboxylic acids is 1. The van der Waals surface area contributed by atoms with Crippen LogP contribution in [0.3, 0.4) is 0 Å². The first-order chi connectivity index (χ1) is 12.4. The molecule has 2 rings (SSSR count). The molecule has 0 spiro atoms. The van der Waals surface area contributed by atoms with Gasteiger partial charge >= 0.3 is 0 Å². The smallest absolute Gasteiger partial charge is 0.242 e. The van der Waals surface area contributed by atoms with Crippen LogP contribution in [0.2, 0.25) is 0 Å². The van der Waals surface area contributed by atoms with Crippen molar-refractivity contribution < 1.29 is 13.2 Å². The quantitative estimate of drug-likeness (QED) is 0.678. The number of benzene rings is 2. The minimum atomic E-state index is -3.45. The van der Waals surface area contributed by atoms with E-state index in [1.54, 1.807) is 4.90 Å². The number of rotatable bonds is 9. The Balaban J connectivity index is 2.01. The third kappa shape index (κ3) is 5.97. The summed E-state index contributed by atoms with van der Waals surface area (Å²) in [5, 5.41) is 0. The zero-order valence-electron chi connectivity index (χ0n) is 15.3. The molecule has 0 heterocycles. The molecule has 0 aromatic heterocycles. The van der Waals surface area contributed by atoms with Gasteiger partial charge in [-0.15, -0.1) is 0 Å². The van der Waals surface area contributed by atoms with Crippen molar-refractivity contribution in [2.24, 2.45) is 0 Å². The van der Waals surface area contributed by atoms with Crippen LogP contribution in [0.5, 0.6) is 0 Å². The van der Waals surface area contributed by atoms with E-state index in [0.29, 0.717) is 19.5 Å². The third-order valence-corrected chi connectivity index (χ3v) is 5.43. The molecule has 0 unspecified atom stereocenters. The summed E-state index contributed by atoms with van der Waals surface area (Å²) in [5.41, 5.74) is 1.93. The number of hydrogen-bond acceptors (Lipinski definition) is 3. The van der Waals surface area contributed by atoms with Gasteiger partial charge in [0.15, 0.2) is 0 Å². The average Bonchev–Trinajstić information content (AvgIpc) is 2.62. The predicted octanol–water partition coefficient (Wildman–Crippen LogP) is 2.93. The van der Waals surface area contributed by atoms with Crippen molar-refractivity contribution in [1.82, 2.24) is 4.31 Å². The van der Waals surface area contributed by atoms with E-state index < -0.39 is 10.0 Å². The number of carbonyl (C=O) groups is 1. The molecule has 0 bridgehead atoms. The second kappa shape index (κ2) is 9.50. The van der Waals surface area contributed by atoms with Crippen molar-refractivity contribution in [3.63, 3.8) is 0 Å². The van der Waals surface area contributed by atoms with Crippen LogP contribution in [0.25, 0.3) is 0 Å². The van der Waals surface area contributed by atoms with E-state index in [9.17, 15) is 13.2 Å². The normalized spacial score (nSPS) is 11.5. The number of likely N-dealkylation sites (N-methyl/N-ethyl adjacent to an activating group) is 1. The first-order valence-electron chi connectivity index (χ1n) is 8.76. The molecule has 6 heteroatoms. The average molecular weight is 375 g/mol. The number of amides is 1. The summed E-state index contributed by atoms with van der Waals surface area (Å²) in [5.74, 6) is -0.219. The van der Waals surface area contributed by atoms with Gasteiger partial charge in [-0.25, -0.2) is 8.42 Å². The Labute approximate surface area is 156 Å². The first kappa shape index (κ1) is 20.1. The SMILES string of the molecule is CCN(C(=O)CN(CCCc1ccccc1)S(C)(=O)=O)c1ccccc1. The molecule has 0 N–H and O–H groups in total. The number of nitrogens with zero attached hydrogens (tertiary/aromatic N) is 2. The summed E-state index contributed by atoms with van der Waals surface area (Å²) in [7, 11) is -3.45. The Kier molecular flexibility index (Phi) is 7.36. The standard InChI is InChI=1S/C20H26N2O3S/c1-3-22(19-14-8-5-9-15-19)20(23)17-21(26(2,24)25)16-10-13-18-11-6-4-7-12-18/h4-9,11-12,14-15H,3,10,13,16-17H2,1-2H3. The lowest BCUT2D eigenvalue weighted by Crippen LogP contribution is -2.43. The highest BCUT2D eigenvalue weighted by Gasteiger charge is 2.23. The van der Waals surface area contributed by atoms with E-state index in [2.05, 4.69) is 0 Å². The maximum atomic E-state index is 12.7. The van der Waals surface area contributed by atoms with Crippen LogP contribution in [0, 0.1) is 0 Å². The van der Waals surface area contributed by atoms with Crippen molar-refractivity contribution in [2.75, 3.05) is 30.8 Å². The molecular formula is C20H26N2O3S. The van der Waals surface area contributed by atoms with Crippen molar-refractivity contribution in [3.8, 4) is 0 Å². The lowest BCUT2D eigenvalue weighted by atomic mass is 10.1. The van der Waals surface area contributed by atoms with Crippen LogP contribution in [-0.2, 0) is 21.2 Å². The molecule has 1 amide bonds. The van der Waals surface area contributed by atoms with Gasteiger partial charge in [0.05, 0.1) is 12.8 Å². The second-order valence-corrected chi connectivity index (χ2v) is 8.14. The monoisotopic (exact) mass is 374 g/mol. The number of hydrogen-bond donors (Lipinski definition) is 0. The van der Waals surface area contributed by atoms with Crippen LogP contribution < -0.4 is 4.90 Å². The first-order valence-corrected chi connectivity index (χ1v) is 10.6. The summed E-state index contributed by atoms with van der Waals surface area (Å²) < 4.78 is 25.5. The Hall–Kier alpha value is -2.18. The molecule has 0 aliphatic heterocycles. The molecule has 2 aromatic rings. The minimum Gasteiger partial charge on any atom is -0.312 e. The van der Waals surface area contributed by atoms with E-state index in [-0.39, 0.29) is 12.5 Å². The van der Waals surface area contributed by atoms with Gasteiger partial charge in [0.2, 0.25) is 15.9 Å². The summed E-state index contributed by atoms with van der Waals surface area (Å²) in [6, 6.07) is 19.2. The predicted molar refractivity (Wildman–Crippen MR) is 106 cm³/mol. The molecule has 140 valence electrons. The van der Waals surface area contributed by atoms with E-state index in [4.69, 9.17) is 0 Å². The fourth-order valence-corrected chi connectivity index (χ4v) is 3.62. The molecule has 0 fully saturated rings. The highest BCUT2D eigenvalue weighted by Crippen LogP contribution is 2.14. The minimum absolute atomic E-state index is 0.143. The molecular weight excluding hydrogens is 348 g/mol. The molecule has 0 radical (unpaired) electrons. The van der Waals surface area contributed by atoms with Crippen molar-refractivity contribution >= 4 is 21.6 Å². The largest absolute Gasteiger partial charge is 0.312 e. The van der Waals surface area contributed by atoms with Gasteiger partial charge in [-0.1, -0.05) is 48.5 Å². The summed E-state index contributed by atoms with van der Waals surface area (Å²) in [4.78, 5) is 14.3. The molecule has 0 aliphatic rings. The van der Waals surface area contributed by atoms with Crippen LogP contribution in [0.1, 0.15) is 18.9 Å². The summed E-state index contributed by atoms with van der Waals surface area (Å²) in [6.07, 6.45) is 2.60. The van der Waals surface area contributed by atoms with Crippen LogP contribution >= 0.6 is 0 Å². The third-order valence-electron chi connectivity index (χ3n) is 4.18. The number of para-hydroxylation sites is 1. The maximum absolute atomic E-state index is 12.7. The van der Waals surface area contributed by atoms with Gasteiger partial charge < -0.3 is 4.90 Å². The van der Waals surface area contributed by atoms with Crippen molar-refractivity contribution in [2.45, 2.75) is 19.8 Å². The Morgan fingerprint density at radius 2 is 1.54 bits per heavy atom. The highest BCUT2D eigenvalue weighted by molar-refractivity contribution is 7.88. The Bertz CT molecular complexity index is 792. The molecule has 0 saturated carbocycles. The van der Waals surface area contributed by atoms with Gasteiger partial charge in [0, 0.05) is 18.8 Å². The zero-order valence-corrected chi connectivity index (χ0v) is 16.2. The zero-order chi connectivity index (χ0) is 19.0. The topological polar surface area (TPSA) is 57.7 Å². The number of anilines is 1. The summed E-state index contributed by atoms with van der Waals surface area (Å²) >= 11 is 0. The molecule has 26 heavy (non-hydrogen) atoms. The molecule has 0 aliphatic carbocycles. The van der Waals surface area contributed by atoms with E-state index >= 15 is 0 Å². The van der Waals surface area contributed by atoms with Crippen LogP contribution in [0.15, 0.2) is 60.7 Å². The molecule has 5 nitrogen and oxygen atoms in total. The van der Waals surface area contributed by atoms with Crippen molar-refractivity contribution in [3.05, 3.63) is 66.2 Å². The summed E-state index contributed by atoms with van der Waals surface area (Å²) in [6.45, 7) is 2.55. The van der Waals surface area contributed by atoms with Gasteiger partial charge in [-0.05, 0) is 37.5 Å². The van der Waals surface area contributed by atoms with Gasteiger partial charge in [-0.3, -0.25) is 4.79 Å². The van der Waals surface area contributed by atoms with Crippen LogP contribution in [-0.4, -0.2) is 44.5 Å². The lowest BCUT2D eigenvalue weighted by molar-refractivity contribution is -0.118. The van der Waals surface area contributed by atoms with E-state index in [1.165, 1.54) is 4.31 Å². The fraction of sp³-hybridized carbons (Fsp3) is 0.350. The van der Waals surface area contributed by atoms with Gasteiger partial charge in [0.1, 0.15) is 0 Å². The van der Waals surface area contributed by atoms with E-state index in [1.807, 2.05) is 67.6 Å². The molecule has 0 atom stereocenters. The fourth-order valence-electron chi connectivity index (χ4n) is 2.81. The highest BCUT2D eigenvalue weighted by atomic mass is 32.2. The van der Waals surface area contributed by atoms with E-state index in [0.717, 1.165) is 23.9 Å². The lowest BCUT2D eigenvalue weighted by Gasteiger charge is -2.25. The second-order valence-electron chi connectivity index (χ2n) is 6.16. The van der Waals surface area contributed by atoms with Crippen molar-refractivity contribution in [1.29, 1.82) is 0 Å². The molecule has 0 saturated heterocycles. The Morgan fingerprint density at radius 1 is 0.962 bits per heavy atom. The maximum Gasteiger partial charge on any atom is 0.242 e. The molecule has 2 aromatic carbocycles. The van der Waals surface area contributed by atoms with Gasteiger partial charge in [0.25, 0.3) is 0 Å². The Morgan fingerprint density at radius 3 is 2.08 bits per heavy atom. The number of aryl methyl sites for hydroxylation is 1. The van der Waals surface area contributed by atoms with Gasteiger partial charge in [-0.2, -0.15) is 4.31 Å². The number of sulfonamides is 1.